The van der Waals surface area contributed by atoms with Crippen molar-refractivity contribution in [3.05, 3.63) is 47.3 Å². The van der Waals surface area contributed by atoms with Gasteiger partial charge in [-0.2, -0.15) is 0 Å². The van der Waals surface area contributed by atoms with Crippen molar-refractivity contribution in [1.29, 1.82) is 0 Å². The van der Waals surface area contributed by atoms with Gasteiger partial charge in [-0.25, -0.2) is 0 Å². The van der Waals surface area contributed by atoms with E-state index in [1.807, 2.05) is 35.2 Å². The number of aliphatic hydroxyl groups is 1. The number of nitrogens with zero attached hydrogens (tertiary/aromatic N) is 3. The maximum Gasteiger partial charge on any atom is 0.234 e. The van der Waals surface area contributed by atoms with Crippen LogP contribution in [0, 0.1) is 0 Å². The summed E-state index contributed by atoms with van der Waals surface area (Å²) in [6.07, 6.45) is -0.569. The quantitative estimate of drug-likeness (QED) is 0.647. The van der Waals surface area contributed by atoms with E-state index in [1.165, 1.54) is 11.8 Å². The number of anilines is 1. The second kappa shape index (κ2) is 7.81. The highest BCUT2D eigenvalue weighted by atomic mass is 32.2. The molecule has 2 aromatic heterocycles. The molecule has 1 aromatic carbocycles. The van der Waals surface area contributed by atoms with Crippen LogP contribution in [0.2, 0.25) is 0 Å². The summed E-state index contributed by atoms with van der Waals surface area (Å²) in [6.45, 7) is 1.69. The third-order valence-electron chi connectivity index (χ3n) is 3.56. The Hall–Kier alpha value is -2.16. The Morgan fingerprint density at radius 3 is 2.92 bits per heavy atom. The Kier molecular flexibility index (Phi) is 5.52. The van der Waals surface area contributed by atoms with Crippen molar-refractivity contribution >= 4 is 34.7 Å². The van der Waals surface area contributed by atoms with Crippen LogP contribution < -0.4 is 5.32 Å². The number of hydrogen-bond acceptors (Lipinski definition) is 6. The zero-order valence-electron chi connectivity index (χ0n) is 13.8. The van der Waals surface area contributed by atoms with Crippen LogP contribution in [0.5, 0.6) is 0 Å². The SMILES string of the molecule is CC(O)c1cccc(NC(=O)CSc2nnc(-c3cccs3)n2C)c1. The third kappa shape index (κ3) is 4.28. The van der Waals surface area contributed by atoms with Gasteiger partial charge < -0.3 is 15.0 Å². The van der Waals surface area contributed by atoms with E-state index in [0.717, 1.165) is 16.3 Å². The second-order valence-corrected chi connectivity index (χ2v) is 7.37. The molecule has 0 saturated carbocycles. The van der Waals surface area contributed by atoms with Crippen molar-refractivity contribution in [2.75, 3.05) is 11.1 Å². The van der Waals surface area contributed by atoms with Crippen molar-refractivity contribution in [1.82, 2.24) is 14.8 Å². The molecule has 0 bridgehead atoms. The van der Waals surface area contributed by atoms with Gasteiger partial charge in [0.05, 0.1) is 16.7 Å². The van der Waals surface area contributed by atoms with Crippen LogP contribution in [0.25, 0.3) is 10.7 Å². The lowest BCUT2D eigenvalue weighted by molar-refractivity contribution is -0.113. The van der Waals surface area contributed by atoms with Gasteiger partial charge in [0.2, 0.25) is 5.91 Å². The van der Waals surface area contributed by atoms with Crippen LogP contribution in [-0.2, 0) is 11.8 Å². The second-order valence-electron chi connectivity index (χ2n) is 5.48. The minimum absolute atomic E-state index is 0.131. The maximum atomic E-state index is 12.2. The first-order chi connectivity index (χ1) is 12.0. The van der Waals surface area contributed by atoms with Gasteiger partial charge in [-0.05, 0) is 36.1 Å². The fourth-order valence-electron chi connectivity index (χ4n) is 2.26. The lowest BCUT2D eigenvalue weighted by atomic mass is 10.1. The molecule has 1 unspecified atom stereocenters. The Labute approximate surface area is 153 Å². The van der Waals surface area contributed by atoms with Crippen molar-refractivity contribution < 1.29 is 9.90 Å². The van der Waals surface area contributed by atoms with Crippen molar-refractivity contribution in [2.24, 2.45) is 7.05 Å². The van der Waals surface area contributed by atoms with E-state index >= 15 is 0 Å². The minimum atomic E-state index is -0.569. The molecule has 8 heteroatoms. The van der Waals surface area contributed by atoms with E-state index in [9.17, 15) is 9.90 Å². The standard InChI is InChI=1S/C17H18N4O2S2/c1-11(22)12-5-3-6-13(9-12)18-15(23)10-25-17-20-19-16(21(17)2)14-7-4-8-24-14/h3-9,11,22H,10H2,1-2H3,(H,18,23). The van der Waals surface area contributed by atoms with Gasteiger partial charge >= 0.3 is 0 Å². The Bertz CT molecular complexity index is 859. The predicted molar refractivity (Wildman–Crippen MR) is 101 cm³/mol. The van der Waals surface area contributed by atoms with Crippen molar-refractivity contribution in [3.8, 4) is 10.7 Å². The van der Waals surface area contributed by atoms with Gasteiger partial charge in [-0.15, -0.1) is 21.5 Å². The molecule has 3 aromatic rings. The Morgan fingerprint density at radius 1 is 1.36 bits per heavy atom. The third-order valence-corrected chi connectivity index (χ3v) is 5.45. The number of thioether (sulfide) groups is 1. The zero-order valence-corrected chi connectivity index (χ0v) is 15.5. The number of carbonyl (C=O) groups excluding carboxylic acids is 1. The predicted octanol–water partition coefficient (Wildman–Crippen LogP) is 3.33. The molecule has 2 heterocycles. The molecule has 1 atom stereocenters. The first kappa shape index (κ1) is 17.7. The van der Waals surface area contributed by atoms with Crippen LogP contribution in [-0.4, -0.2) is 31.5 Å². The molecule has 3 rings (SSSR count). The highest BCUT2D eigenvalue weighted by molar-refractivity contribution is 7.99. The highest BCUT2D eigenvalue weighted by Gasteiger charge is 2.13. The smallest absolute Gasteiger partial charge is 0.234 e. The summed E-state index contributed by atoms with van der Waals surface area (Å²) in [5.41, 5.74) is 1.43. The zero-order chi connectivity index (χ0) is 17.8. The van der Waals surface area contributed by atoms with Crippen LogP contribution in [0.3, 0.4) is 0 Å². The van der Waals surface area contributed by atoms with Gasteiger partial charge in [0, 0.05) is 12.7 Å². The number of nitrogens with one attached hydrogen (secondary N) is 1. The fourth-order valence-corrected chi connectivity index (χ4v) is 3.72. The summed E-state index contributed by atoms with van der Waals surface area (Å²) in [4.78, 5) is 13.2. The average molecular weight is 374 g/mol. The Morgan fingerprint density at radius 2 is 2.20 bits per heavy atom. The van der Waals surface area contributed by atoms with Crippen LogP contribution in [0.4, 0.5) is 5.69 Å². The molecule has 0 fully saturated rings. The molecule has 2 N–H and O–H groups in total. The molecule has 0 aliphatic heterocycles. The molecule has 0 aliphatic rings. The molecule has 6 nitrogen and oxygen atoms in total. The topological polar surface area (TPSA) is 80.0 Å². The van der Waals surface area contributed by atoms with Crippen LogP contribution in [0.1, 0.15) is 18.6 Å². The number of amides is 1. The van der Waals surface area contributed by atoms with Gasteiger partial charge in [-0.1, -0.05) is 30.0 Å². The molecule has 130 valence electrons. The lowest BCUT2D eigenvalue weighted by Gasteiger charge is -2.09. The summed E-state index contributed by atoms with van der Waals surface area (Å²) < 4.78 is 1.89. The summed E-state index contributed by atoms with van der Waals surface area (Å²) in [7, 11) is 1.89. The first-order valence-electron chi connectivity index (χ1n) is 7.68. The van der Waals surface area contributed by atoms with Crippen molar-refractivity contribution in [3.63, 3.8) is 0 Å². The van der Waals surface area contributed by atoms with Gasteiger partial charge in [0.1, 0.15) is 0 Å². The number of aliphatic hydroxyl groups excluding tert-OH is 1. The van der Waals surface area contributed by atoms with Gasteiger partial charge in [0.25, 0.3) is 0 Å². The number of aromatic nitrogens is 3. The molecular weight excluding hydrogens is 356 g/mol. The average Bonchev–Trinajstić information content (AvgIpc) is 3.23. The summed E-state index contributed by atoms with van der Waals surface area (Å²) in [5.74, 6) is 0.894. The van der Waals surface area contributed by atoms with E-state index in [1.54, 1.807) is 36.5 Å². The number of hydrogen-bond donors (Lipinski definition) is 2. The number of benzene rings is 1. The van der Waals surface area contributed by atoms with E-state index < -0.39 is 6.10 Å². The summed E-state index contributed by atoms with van der Waals surface area (Å²) in [6, 6.07) is 11.2. The van der Waals surface area contributed by atoms with Gasteiger partial charge in [-0.3, -0.25) is 4.79 Å². The van der Waals surface area contributed by atoms with E-state index in [0.29, 0.717) is 10.8 Å². The van der Waals surface area contributed by atoms with E-state index in [2.05, 4.69) is 15.5 Å². The monoisotopic (exact) mass is 374 g/mol. The van der Waals surface area contributed by atoms with Crippen LogP contribution in [0.15, 0.2) is 46.9 Å². The molecule has 0 saturated heterocycles. The lowest BCUT2D eigenvalue weighted by Crippen LogP contribution is -2.14. The highest BCUT2D eigenvalue weighted by Crippen LogP contribution is 2.26. The van der Waals surface area contributed by atoms with E-state index in [-0.39, 0.29) is 11.7 Å². The fraction of sp³-hybridized carbons (Fsp3) is 0.235. The minimum Gasteiger partial charge on any atom is -0.389 e. The summed E-state index contributed by atoms with van der Waals surface area (Å²) >= 11 is 2.94. The number of rotatable bonds is 6. The molecule has 1 amide bonds. The Balaban J connectivity index is 1.60. The van der Waals surface area contributed by atoms with Crippen LogP contribution >= 0.6 is 23.1 Å². The number of thiophene rings is 1. The molecular formula is C17H18N4O2S2. The van der Waals surface area contributed by atoms with Crippen molar-refractivity contribution in [2.45, 2.75) is 18.2 Å². The maximum absolute atomic E-state index is 12.2. The summed E-state index contributed by atoms with van der Waals surface area (Å²) in [5, 5.41) is 23.5. The number of carbonyl (C=O) groups is 1. The molecule has 0 aliphatic carbocycles. The normalized spacial score (nSPS) is 12.1. The van der Waals surface area contributed by atoms with E-state index in [4.69, 9.17) is 0 Å². The van der Waals surface area contributed by atoms with Gasteiger partial charge in [0.15, 0.2) is 11.0 Å². The largest absolute Gasteiger partial charge is 0.389 e. The molecule has 25 heavy (non-hydrogen) atoms. The molecule has 0 spiro atoms. The first-order valence-corrected chi connectivity index (χ1v) is 9.55. The molecule has 0 radical (unpaired) electrons.